The third-order valence-corrected chi connectivity index (χ3v) is 5.06. The predicted octanol–water partition coefficient (Wildman–Crippen LogP) is 4.28. The van der Waals surface area contributed by atoms with Crippen molar-refractivity contribution in [2.45, 2.75) is 12.8 Å². The van der Waals surface area contributed by atoms with E-state index in [2.05, 4.69) is 43.3 Å². The molecular weight excluding hydrogens is 200 g/mol. The van der Waals surface area contributed by atoms with E-state index in [4.69, 9.17) is 0 Å². The van der Waals surface area contributed by atoms with Crippen LogP contribution in [0.25, 0.3) is 16.2 Å². The Bertz CT molecular complexity index is 576. The molecule has 1 aromatic carbocycles. The van der Waals surface area contributed by atoms with E-state index >= 15 is 0 Å². The van der Waals surface area contributed by atoms with Crippen molar-refractivity contribution >= 4 is 27.5 Å². The van der Waals surface area contributed by atoms with E-state index in [9.17, 15) is 0 Å². The molecule has 1 aromatic heterocycles. The number of benzene rings is 1. The molecule has 1 heteroatoms. The Balaban J connectivity index is 2.09. The van der Waals surface area contributed by atoms with Gasteiger partial charge in [-0.25, -0.2) is 0 Å². The van der Waals surface area contributed by atoms with Crippen molar-refractivity contribution in [3.05, 3.63) is 40.8 Å². The van der Waals surface area contributed by atoms with Crippen molar-refractivity contribution in [2.75, 3.05) is 0 Å². The van der Waals surface area contributed by atoms with Gasteiger partial charge in [0.1, 0.15) is 0 Å². The van der Waals surface area contributed by atoms with Gasteiger partial charge in [0.25, 0.3) is 0 Å². The molecule has 74 valence electrons. The molecule has 0 radical (unpaired) electrons. The van der Waals surface area contributed by atoms with Gasteiger partial charge in [0.05, 0.1) is 0 Å². The standard InChI is InChI=1S/C14H12S/c1-8-9-6-7-12-14(13(8)9)10-4-2-3-5-11(10)15-12/h2-9,13H,1H3. The molecule has 1 fully saturated rings. The van der Waals surface area contributed by atoms with Crippen LogP contribution in [0, 0.1) is 11.8 Å². The first kappa shape index (κ1) is 8.12. The second-order valence-electron chi connectivity index (χ2n) is 4.70. The zero-order valence-corrected chi connectivity index (χ0v) is 9.42. The smallest absolute Gasteiger partial charge is 0.0352 e. The fourth-order valence-corrected chi connectivity index (χ4v) is 4.17. The summed E-state index contributed by atoms with van der Waals surface area (Å²) in [6.07, 6.45) is 4.75. The van der Waals surface area contributed by atoms with E-state index in [1.54, 1.807) is 5.56 Å². The molecule has 2 aliphatic carbocycles. The van der Waals surface area contributed by atoms with Crippen molar-refractivity contribution in [1.29, 1.82) is 0 Å². The number of rotatable bonds is 0. The highest BCUT2D eigenvalue weighted by molar-refractivity contribution is 7.20. The molecule has 3 atom stereocenters. The zero-order valence-electron chi connectivity index (χ0n) is 8.60. The van der Waals surface area contributed by atoms with Crippen LogP contribution in [0.15, 0.2) is 30.3 Å². The highest BCUT2D eigenvalue weighted by Crippen LogP contribution is 2.60. The van der Waals surface area contributed by atoms with E-state index in [1.165, 1.54) is 15.0 Å². The first-order chi connectivity index (χ1) is 7.36. The van der Waals surface area contributed by atoms with Crippen molar-refractivity contribution in [1.82, 2.24) is 0 Å². The summed E-state index contributed by atoms with van der Waals surface area (Å²) in [5.41, 5.74) is 1.63. The van der Waals surface area contributed by atoms with Crippen LogP contribution >= 0.6 is 11.3 Å². The first-order valence-electron chi connectivity index (χ1n) is 5.56. The van der Waals surface area contributed by atoms with Crippen LogP contribution in [0.3, 0.4) is 0 Å². The van der Waals surface area contributed by atoms with E-state index in [-0.39, 0.29) is 0 Å². The maximum Gasteiger partial charge on any atom is 0.0352 e. The number of hydrogen-bond donors (Lipinski definition) is 0. The molecule has 0 aliphatic heterocycles. The summed E-state index contributed by atoms with van der Waals surface area (Å²) < 4.78 is 1.45. The molecule has 0 N–H and O–H groups in total. The minimum absolute atomic E-state index is 0.821. The van der Waals surface area contributed by atoms with Crippen molar-refractivity contribution < 1.29 is 0 Å². The average Bonchev–Trinajstić information content (AvgIpc) is 2.77. The Morgan fingerprint density at radius 1 is 1.20 bits per heavy atom. The minimum atomic E-state index is 0.821. The summed E-state index contributed by atoms with van der Waals surface area (Å²) in [6, 6.07) is 8.83. The normalized spacial score (nSPS) is 31.4. The summed E-state index contributed by atoms with van der Waals surface area (Å²) in [7, 11) is 0. The molecule has 4 rings (SSSR count). The molecule has 0 amide bonds. The molecule has 0 bridgehead atoms. The molecule has 2 aliphatic rings. The van der Waals surface area contributed by atoms with Crippen LogP contribution in [0.5, 0.6) is 0 Å². The van der Waals surface area contributed by atoms with Crippen molar-refractivity contribution in [2.24, 2.45) is 11.8 Å². The van der Waals surface area contributed by atoms with Crippen molar-refractivity contribution in [3.63, 3.8) is 0 Å². The van der Waals surface area contributed by atoms with Gasteiger partial charge in [0, 0.05) is 9.58 Å². The lowest BCUT2D eigenvalue weighted by Gasteiger charge is -2.03. The number of hydrogen-bond acceptors (Lipinski definition) is 1. The van der Waals surface area contributed by atoms with Gasteiger partial charge >= 0.3 is 0 Å². The number of fused-ring (bicyclic) bond motifs is 5. The quantitative estimate of drug-likeness (QED) is 0.611. The topological polar surface area (TPSA) is 0 Å². The highest BCUT2D eigenvalue weighted by Gasteiger charge is 2.49. The Kier molecular flexibility index (Phi) is 1.37. The fraction of sp³-hybridized carbons (Fsp3) is 0.286. The molecule has 0 saturated heterocycles. The molecule has 1 heterocycles. The lowest BCUT2D eigenvalue weighted by Crippen LogP contribution is -1.87. The Labute approximate surface area is 93.2 Å². The molecule has 2 aromatic rings. The lowest BCUT2D eigenvalue weighted by atomic mass is 10.0. The first-order valence-corrected chi connectivity index (χ1v) is 6.37. The molecule has 3 unspecified atom stereocenters. The van der Waals surface area contributed by atoms with Gasteiger partial charge in [0.15, 0.2) is 0 Å². The summed E-state index contributed by atoms with van der Waals surface area (Å²) >= 11 is 1.95. The van der Waals surface area contributed by atoms with Crippen LogP contribution in [0.1, 0.15) is 23.3 Å². The molecule has 15 heavy (non-hydrogen) atoms. The molecule has 0 nitrogen and oxygen atoms in total. The second-order valence-corrected chi connectivity index (χ2v) is 5.78. The lowest BCUT2D eigenvalue weighted by molar-refractivity contribution is 0.894. The van der Waals surface area contributed by atoms with E-state index in [0.29, 0.717) is 0 Å². The maximum absolute atomic E-state index is 2.41. The summed E-state index contributed by atoms with van der Waals surface area (Å²) in [4.78, 5) is 1.50. The summed E-state index contributed by atoms with van der Waals surface area (Å²) in [5.74, 6) is 2.51. The third kappa shape index (κ3) is 0.920. The number of thiophene rings is 1. The van der Waals surface area contributed by atoms with E-state index in [1.807, 2.05) is 11.3 Å². The third-order valence-electron chi connectivity index (χ3n) is 3.91. The molecule has 1 saturated carbocycles. The predicted molar refractivity (Wildman–Crippen MR) is 66.3 cm³/mol. The van der Waals surface area contributed by atoms with Crippen LogP contribution in [-0.2, 0) is 0 Å². The summed E-state index contributed by atoms with van der Waals surface area (Å²) in [5, 5.41) is 1.50. The van der Waals surface area contributed by atoms with Crippen LogP contribution in [0.2, 0.25) is 0 Å². The Morgan fingerprint density at radius 3 is 3.00 bits per heavy atom. The van der Waals surface area contributed by atoms with Gasteiger partial charge in [-0.2, -0.15) is 0 Å². The summed E-state index contributed by atoms with van der Waals surface area (Å²) in [6.45, 7) is 2.38. The monoisotopic (exact) mass is 212 g/mol. The van der Waals surface area contributed by atoms with Gasteiger partial charge in [-0.3, -0.25) is 0 Å². The fourth-order valence-electron chi connectivity index (χ4n) is 2.99. The van der Waals surface area contributed by atoms with Gasteiger partial charge in [-0.05, 0) is 40.8 Å². The van der Waals surface area contributed by atoms with E-state index < -0.39 is 0 Å². The van der Waals surface area contributed by atoms with Crippen LogP contribution < -0.4 is 0 Å². The van der Waals surface area contributed by atoms with Crippen LogP contribution in [-0.4, -0.2) is 0 Å². The molecular formula is C14H12S. The van der Waals surface area contributed by atoms with E-state index in [0.717, 1.165) is 17.8 Å². The minimum Gasteiger partial charge on any atom is -0.136 e. The van der Waals surface area contributed by atoms with Gasteiger partial charge in [-0.15, -0.1) is 11.3 Å². The maximum atomic E-state index is 2.41. The largest absolute Gasteiger partial charge is 0.136 e. The Morgan fingerprint density at radius 2 is 2.07 bits per heavy atom. The SMILES string of the molecule is CC1C2C=Cc3sc4ccccc4c3C12. The highest BCUT2D eigenvalue weighted by atomic mass is 32.1. The number of allylic oxidation sites excluding steroid dienone is 1. The Hall–Kier alpha value is -1.08. The van der Waals surface area contributed by atoms with Gasteiger partial charge in [-0.1, -0.05) is 31.2 Å². The van der Waals surface area contributed by atoms with Crippen LogP contribution in [0.4, 0.5) is 0 Å². The average molecular weight is 212 g/mol. The zero-order chi connectivity index (χ0) is 9.99. The van der Waals surface area contributed by atoms with Gasteiger partial charge < -0.3 is 0 Å². The molecule has 0 spiro atoms. The van der Waals surface area contributed by atoms with Crippen molar-refractivity contribution in [3.8, 4) is 0 Å². The second kappa shape index (κ2) is 2.53. The van der Waals surface area contributed by atoms with Gasteiger partial charge in [0.2, 0.25) is 0 Å².